The van der Waals surface area contributed by atoms with Crippen LogP contribution in [-0.4, -0.2) is 0 Å². The molecule has 0 amide bonds. The van der Waals surface area contributed by atoms with Gasteiger partial charge in [0.05, 0.1) is 5.69 Å². The van der Waals surface area contributed by atoms with Crippen molar-refractivity contribution in [3.63, 3.8) is 0 Å². The van der Waals surface area contributed by atoms with Gasteiger partial charge in [-0.2, -0.15) is 0 Å². The summed E-state index contributed by atoms with van der Waals surface area (Å²) in [6, 6.07) is 62.7. The Kier molecular flexibility index (Phi) is 6.17. The van der Waals surface area contributed by atoms with Crippen molar-refractivity contribution < 1.29 is 4.42 Å². The second kappa shape index (κ2) is 10.8. The Morgan fingerprint density at radius 2 is 0.935 bits per heavy atom. The highest BCUT2D eigenvalue weighted by Gasteiger charge is 2.19. The number of hydrogen-bond donors (Lipinski definition) is 0. The van der Waals surface area contributed by atoms with E-state index in [1.54, 1.807) is 0 Å². The Labute approximate surface area is 267 Å². The van der Waals surface area contributed by atoms with Crippen LogP contribution in [0.1, 0.15) is 0 Å². The van der Waals surface area contributed by atoms with E-state index in [0.29, 0.717) is 0 Å². The van der Waals surface area contributed by atoms with E-state index in [1.807, 2.05) is 12.1 Å². The van der Waals surface area contributed by atoms with Gasteiger partial charge in [0.15, 0.2) is 0 Å². The van der Waals surface area contributed by atoms with Gasteiger partial charge in [-0.3, -0.25) is 0 Å². The van der Waals surface area contributed by atoms with Crippen LogP contribution in [0.4, 0.5) is 17.1 Å². The van der Waals surface area contributed by atoms with Crippen molar-refractivity contribution in [3.05, 3.63) is 176 Å². The minimum Gasteiger partial charge on any atom is -0.456 e. The molecule has 46 heavy (non-hydrogen) atoms. The summed E-state index contributed by atoms with van der Waals surface area (Å²) in [7, 11) is 0. The van der Waals surface area contributed by atoms with Crippen LogP contribution in [0.2, 0.25) is 0 Å². The zero-order valence-corrected chi connectivity index (χ0v) is 25.1. The molecule has 0 aliphatic heterocycles. The van der Waals surface area contributed by atoms with E-state index in [0.717, 1.165) is 33.6 Å². The molecule has 1 aromatic heterocycles. The lowest BCUT2D eigenvalue weighted by Gasteiger charge is -2.28. The van der Waals surface area contributed by atoms with Crippen molar-refractivity contribution in [2.24, 2.45) is 0 Å². The van der Waals surface area contributed by atoms with Gasteiger partial charge in [0.25, 0.3) is 0 Å². The van der Waals surface area contributed by atoms with E-state index in [4.69, 9.17) is 4.42 Å². The molecule has 0 unspecified atom stereocenters. The van der Waals surface area contributed by atoms with Crippen LogP contribution in [-0.2, 0) is 0 Å². The minimum atomic E-state index is 0.915. The number of furan rings is 1. The summed E-state index contributed by atoms with van der Waals surface area (Å²) in [6.45, 7) is 0. The molecular formula is C44H29NO. The topological polar surface area (TPSA) is 16.4 Å². The molecule has 0 N–H and O–H groups in total. The first-order valence-corrected chi connectivity index (χ1v) is 15.7. The molecule has 9 aromatic rings. The molecule has 0 atom stereocenters. The van der Waals surface area contributed by atoms with Gasteiger partial charge in [-0.15, -0.1) is 0 Å². The molecule has 0 saturated heterocycles. The summed E-state index contributed by atoms with van der Waals surface area (Å²) < 4.78 is 6.27. The number of para-hydroxylation sites is 2. The third-order valence-electron chi connectivity index (χ3n) is 9.04. The smallest absolute Gasteiger partial charge is 0.136 e. The zero-order valence-electron chi connectivity index (χ0n) is 25.1. The maximum absolute atomic E-state index is 6.27. The minimum absolute atomic E-state index is 0.915. The molecule has 0 fully saturated rings. The highest BCUT2D eigenvalue weighted by molar-refractivity contribution is 6.22. The monoisotopic (exact) mass is 587 g/mol. The largest absolute Gasteiger partial charge is 0.456 e. The Bertz CT molecular complexity index is 2510. The van der Waals surface area contributed by atoms with Crippen LogP contribution in [0, 0.1) is 0 Å². The third kappa shape index (κ3) is 4.27. The molecule has 216 valence electrons. The molecule has 2 heteroatoms. The zero-order chi connectivity index (χ0) is 30.5. The lowest BCUT2D eigenvalue weighted by Crippen LogP contribution is -2.10. The number of fused-ring (bicyclic) bond motifs is 6. The van der Waals surface area contributed by atoms with Crippen LogP contribution in [0.5, 0.6) is 0 Å². The molecule has 0 bridgehead atoms. The summed E-state index contributed by atoms with van der Waals surface area (Å²) >= 11 is 0. The van der Waals surface area contributed by atoms with Crippen molar-refractivity contribution in [1.29, 1.82) is 0 Å². The van der Waals surface area contributed by atoms with Gasteiger partial charge in [-0.25, -0.2) is 0 Å². The second-order valence-electron chi connectivity index (χ2n) is 11.7. The molecular weight excluding hydrogens is 558 g/mol. The Balaban J connectivity index is 1.24. The summed E-state index contributed by atoms with van der Waals surface area (Å²) in [5.74, 6) is 0. The molecule has 0 spiro atoms. The lowest BCUT2D eigenvalue weighted by molar-refractivity contribution is 0.669. The molecule has 0 aliphatic rings. The highest BCUT2D eigenvalue weighted by Crippen LogP contribution is 2.44. The standard InChI is InChI=1S/C44H29NO/c1-3-12-30(13-4-1)36-20-9-14-32-16-11-22-39(42(32)36)45(34-17-5-2-6-18-34)35-27-24-31(25-28-35)37-21-10-15-33-26-29-41-44(43(33)37)38-19-7-8-23-40(38)46-41/h1-29H. The fourth-order valence-corrected chi connectivity index (χ4v) is 6.99. The van der Waals surface area contributed by atoms with Crippen LogP contribution >= 0.6 is 0 Å². The average molecular weight is 588 g/mol. The van der Waals surface area contributed by atoms with Gasteiger partial charge < -0.3 is 9.32 Å². The van der Waals surface area contributed by atoms with Gasteiger partial charge in [-0.1, -0.05) is 133 Å². The first-order valence-electron chi connectivity index (χ1n) is 15.7. The average Bonchev–Trinajstić information content (AvgIpc) is 3.52. The van der Waals surface area contributed by atoms with E-state index in [9.17, 15) is 0 Å². The summed E-state index contributed by atoms with van der Waals surface area (Å²) in [5, 5.41) is 7.18. The van der Waals surface area contributed by atoms with E-state index in [1.165, 1.54) is 49.2 Å². The van der Waals surface area contributed by atoms with Crippen LogP contribution < -0.4 is 4.90 Å². The molecule has 0 aliphatic carbocycles. The summed E-state index contributed by atoms with van der Waals surface area (Å²) in [4.78, 5) is 2.38. The van der Waals surface area contributed by atoms with Crippen molar-refractivity contribution in [2.45, 2.75) is 0 Å². The fraction of sp³-hybridized carbons (Fsp3) is 0. The van der Waals surface area contributed by atoms with E-state index >= 15 is 0 Å². The molecule has 0 saturated carbocycles. The molecule has 9 rings (SSSR count). The fourth-order valence-electron chi connectivity index (χ4n) is 6.99. The number of rotatable bonds is 5. The maximum atomic E-state index is 6.27. The number of nitrogens with zero attached hydrogens (tertiary/aromatic N) is 1. The van der Waals surface area contributed by atoms with Crippen LogP contribution in [0.15, 0.2) is 180 Å². The predicted molar refractivity (Wildman–Crippen MR) is 194 cm³/mol. The first kappa shape index (κ1) is 26.3. The maximum Gasteiger partial charge on any atom is 0.136 e. The quantitative estimate of drug-likeness (QED) is 0.199. The van der Waals surface area contributed by atoms with E-state index in [2.05, 4.69) is 169 Å². The van der Waals surface area contributed by atoms with Gasteiger partial charge in [0.2, 0.25) is 0 Å². The van der Waals surface area contributed by atoms with E-state index in [-0.39, 0.29) is 0 Å². The van der Waals surface area contributed by atoms with Crippen molar-refractivity contribution >= 4 is 60.5 Å². The molecule has 8 aromatic carbocycles. The molecule has 0 radical (unpaired) electrons. The third-order valence-corrected chi connectivity index (χ3v) is 9.04. The number of hydrogen-bond acceptors (Lipinski definition) is 2. The normalized spacial score (nSPS) is 11.5. The van der Waals surface area contributed by atoms with Gasteiger partial charge in [0.1, 0.15) is 11.2 Å². The summed E-state index contributed by atoms with van der Waals surface area (Å²) in [6.07, 6.45) is 0. The first-order chi connectivity index (χ1) is 22.8. The summed E-state index contributed by atoms with van der Waals surface area (Å²) in [5.41, 5.74) is 9.99. The second-order valence-corrected chi connectivity index (χ2v) is 11.7. The van der Waals surface area contributed by atoms with Crippen LogP contribution in [0.3, 0.4) is 0 Å². The highest BCUT2D eigenvalue weighted by atomic mass is 16.3. The molecule has 1 heterocycles. The number of anilines is 3. The predicted octanol–water partition coefficient (Wildman–Crippen LogP) is 12.7. The van der Waals surface area contributed by atoms with Gasteiger partial charge in [-0.05, 0) is 75.5 Å². The molecule has 2 nitrogen and oxygen atoms in total. The van der Waals surface area contributed by atoms with Crippen molar-refractivity contribution in [3.8, 4) is 22.3 Å². The van der Waals surface area contributed by atoms with Gasteiger partial charge in [0, 0.05) is 32.9 Å². The lowest BCUT2D eigenvalue weighted by atomic mass is 9.94. The number of benzene rings is 8. The SMILES string of the molecule is c1ccc(-c2cccc3cccc(N(c4ccccc4)c4ccc(-c5cccc6ccc7oc8ccccc8c7c56)cc4)c23)cc1. The Morgan fingerprint density at radius 1 is 0.348 bits per heavy atom. The van der Waals surface area contributed by atoms with Crippen molar-refractivity contribution in [2.75, 3.05) is 4.90 Å². The van der Waals surface area contributed by atoms with Crippen molar-refractivity contribution in [1.82, 2.24) is 0 Å². The van der Waals surface area contributed by atoms with E-state index < -0.39 is 0 Å². The Morgan fingerprint density at radius 3 is 1.70 bits per heavy atom. The van der Waals surface area contributed by atoms with Crippen LogP contribution in [0.25, 0.3) is 65.7 Å². The Hall–Kier alpha value is -6.12. The van der Waals surface area contributed by atoms with Gasteiger partial charge >= 0.3 is 0 Å².